The maximum absolute atomic E-state index is 12.4. The van der Waals surface area contributed by atoms with Crippen LogP contribution in [0.25, 0.3) is 0 Å². The van der Waals surface area contributed by atoms with Crippen LogP contribution < -0.4 is 5.32 Å². The summed E-state index contributed by atoms with van der Waals surface area (Å²) in [7, 11) is 0. The molecule has 1 N–H and O–H groups in total. The number of carbonyl (C=O) groups is 2. The predicted molar refractivity (Wildman–Crippen MR) is 95.1 cm³/mol. The van der Waals surface area contributed by atoms with Crippen LogP contribution in [0.3, 0.4) is 0 Å². The van der Waals surface area contributed by atoms with Crippen molar-refractivity contribution in [1.29, 1.82) is 0 Å². The first-order chi connectivity index (χ1) is 11.0. The summed E-state index contributed by atoms with van der Waals surface area (Å²) in [4.78, 5) is 24.6. The highest BCUT2D eigenvalue weighted by Gasteiger charge is 2.34. The monoisotopic (exact) mass is 557 g/mol. The van der Waals surface area contributed by atoms with Crippen molar-refractivity contribution in [3.05, 3.63) is 17.6 Å². The van der Waals surface area contributed by atoms with Gasteiger partial charge in [0.25, 0.3) is 5.91 Å². The van der Waals surface area contributed by atoms with Crippen molar-refractivity contribution in [3.63, 3.8) is 0 Å². The van der Waals surface area contributed by atoms with E-state index in [1.165, 1.54) is 0 Å². The molecular weight excluding hydrogens is 547 g/mol. The third-order valence-corrected chi connectivity index (χ3v) is 8.13. The van der Waals surface area contributed by atoms with Gasteiger partial charge in [-0.2, -0.15) is 13.2 Å². The Labute approximate surface area is 165 Å². The van der Waals surface area contributed by atoms with Crippen molar-refractivity contribution >= 4 is 71.0 Å². The van der Waals surface area contributed by atoms with E-state index in [1.54, 1.807) is 13.8 Å². The fraction of sp³-hybridized carbons (Fsp3) is 0.538. The highest BCUT2D eigenvalue weighted by atomic mass is 79.9. The molecule has 0 fully saturated rings. The first-order valence-electron chi connectivity index (χ1n) is 6.65. The maximum atomic E-state index is 12.4. The molecule has 0 saturated heterocycles. The molecule has 0 radical (unpaired) electrons. The lowest BCUT2D eigenvalue weighted by atomic mass is 9.99. The third kappa shape index (κ3) is 5.99. The van der Waals surface area contributed by atoms with Gasteiger partial charge in [-0.05, 0) is 53.7 Å². The van der Waals surface area contributed by atoms with Crippen molar-refractivity contribution < 1.29 is 27.5 Å². The number of thiophene rings is 1. The molecule has 1 aromatic heterocycles. The smallest absolute Gasteiger partial charge is 0.422 e. The second-order valence-corrected chi connectivity index (χ2v) is 8.82. The van der Waals surface area contributed by atoms with E-state index in [2.05, 4.69) is 57.8 Å². The molecule has 0 aliphatic heterocycles. The molecule has 2 atom stereocenters. The highest BCUT2D eigenvalue weighted by molar-refractivity contribution is 9.14. The van der Waals surface area contributed by atoms with Gasteiger partial charge in [0.1, 0.15) is 10.9 Å². The van der Waals surface area contributed by atoms with Crippen LogP contribution in [-0.2, 0) is 9.53 Å². The number of alkyl halides is 3. The van der Waals surface area contributed by atoms with Crippen molar-refractivity contribution in [2.24, 2.45) is 5.92 Å². The number of esters is 1. The zero-order chi connectivity index (χ0) is 18.7. The molecule has 1 rings (SSSR count). The first kappa shape index (κ1) is 21.9. The summed E-state index contributed by atoms with van der Waals surface area (Å²) in [6.07, 6.45) is -4.14. The van der Waals surface area contributed by atoms with Crippen molar-refractivity contribution in [2.75, 3.05) is 6.61 Å². The molecule has 0 aliphatic rings. The minimum absolute atomic E-state index is 0.283. The van der Waals surface area contributed by atoms with Crippen LogP contribution >= 0.6 is 59.1 Å². The summed E-state index contributed by atoms with van der Waals surface area (Å²) in [6, 6.07) is -1.17. The van der Waals surface area contributed by atoms with E-state index in [0.29, 0.717) is 19.2 Å². The number of rotatable bonds is 6. The Bertz CT molecular complexity index is 622. The normalized spacial score (nSPS) is 14.2. The molecule has 4 nitrogen and oxygen atoms in total. The maximum Gasteiger partial charge on any atom is 0.422 e. The molecule has 24 heavy (non-hydrogen) atoms. The zero-order valence-electron chi connectivity index (χ0n) is 12.5. The fourth-order valence-electron chi connectivity index (χ4n) is 1.63. The van der Waals surface area contributed by atoms with Crippen molar-refractivity contribution in [2.45, 2.75) is 32.5 Å². The molecule has 1 aromatic rings. The largest absolute Gasteiger partial charge is 0.454 e. The van der Waals surface area contributed by atoms with Gasteiger partial charge >= 0.3 is 12.1 Å². The second-order valence-electron chi connectivity index (χ2n) is 4.89. The predicted octanol–water partition coefficient (Wildman–Crippen LogP) is 5.29. The van der Waals surface area contributed by atoms with Gasteiger partial charge in [-0.1, -0.05) is 20.3 Å². The van der Waals surface area contributed by atoms with Crippen LogP contribution in [-0.4, -0.2) is 30.7 Å². The lowest BCUT2D eigenvalue weighted by Crippen LogP contribution is -2.46. The van der Waals surface area contributed by atoms with Gasteiger partial charge in [-0.15, -0.1) is 11.3 Å². The molecule has 0 aliphatic carbocycles. The van der Waals surface area contributed by atoms with Crippen molar-refractivity contribution in [1.82, 2.24) is 5.32 Å². The molecule has 1 unspecified atom stereocenters. The molecule has 136 valence electrons. The van der Waals surface area contributed by atoms with E-state index in [1.807, 2.05) is 0 Å². The molecule has 11 heteroatoms. The Morgan fingerprint density at radius 3 is 2.25 bits per heavy atom. The zero-order valence-corrected chi connectivity index (χ0v) is 18.0. The molecule has 0 saturated carbocycles. The Kier molecular flexibility index (Phi) is 8.21. The Morgan fingerprint density at radius 1 is 1.25 bits per heavy atom. The summed E-state index contributed by atoms with van der Waals surface area (Å²) in [5, 5.41) is 2.46. The second kappa shape index (κ2) is 9.00. The van der Waals surface area contributed by atoms with E-state index in [9.17, 15) is 22.8 Å². The summed E-state index contributed by atoms with van der Waals surface area (Å²) >= 11 is 10.9. The molecule has 0 bridgehead atoms. The number of amides is 1. The van der Waals surface area contributed by atoms with E-state index in [0.717, 1.165) is 11.3 Å². The van der Waals surface area contributed by atoms with Crippen LogP contribution in [0.4, 0.5) is 13.2 Å². The van der Waals surface area contributed by atoms with Gasteiger partial charge in [-0.3, -0.25) is 4.79 Å². The lowest BCUT2D eigenvalue weighted by molar-refractivity contribution is -0.188. The average Bonchev–Trinajstić information content (AvgIpc) is 2.76. The van der Waals surface area contributed by atoms with Crippen LogP contribution in [0.5, 0.6) is 0 Å². The SMILES string of the molecule is CCC(C)[C@H](NC(=O)c1sc(Br)c(Br)c1Br)C(=O)OCC(F)(F)F. The molecule has 1 amide bonds. The number of nitrogens with one attached hydrogen (secondary N) is 1. The number of ether oxygens (including phenoxy) is 1. The quantitative estimate of drug-likeness (QED) is 0.482. The fourth-order valence-corrected chi connectivity index (χ4v) is 4.62. The van der Waals surface area contributed by atoms with E-state index in [4.69, 9.17) is 0 Å². The molecule has 1 heterocycles. The minimum atomic E-state index is -4.62. The standard InChI is InChI=1S/C13H13Br3F3NO3S/c1-3-5(2)8(12(22)23-4-13(17,18)19)20-11(21)9-6(14)7(15)10(16)24-9/h5,8H,3-4H2,1-2H3,(H,20,21)/t5?,8-/m0/s1. The summed E-state index contributed by atoms with van der Waals surface area (Å²) < 4.78 is 42.7. The molecule has 0 aromatic carbocycles. The molecule has 0 spiro atoms. The van der Waals surface area contributed by atoms with Gasteiger partial charge in [-0.25, -0.2) is 4.79 Å². The first-order valence-corrected chi connectivity index (χ1v) is 9.85. The molecular formula is C13H13Br3F3NO3S. The van der Waals surface area contributed by atoms with E-state index in [-0.39, 0.29) is 10.8 Å². The van der Waals surface area contributed by atoms with Crippen LogP contribution in [0, 0.1) is 5.92 Å². The summed E-state index contributed by atoms with van der Waals surface area (Å²) in [5.41, 5.74) is 0. The van der Waals surface area contributed by atoms with E-state index < -0.39 is 30.7 Å². The van der Waals surface area contributed by atoms with Gasteiger partial charge in [0.15, 0.2) is 6.61 Å². The average molecular weight is 560 g/mol. The van der Waals surface area contributed by atoms with Gasteiger partial charge in [0.2, 0.25) is 0 Å². The third-order valence-electron chi connectivity index (χ3n) is 3.09. The Hall–Kier alpha value is -0.130. The summed E-state index contributed by atoms with van der Waals surface area (Å²) in [5.74, 6) is -2.08. The number of carbonyl (C=O) groups excluding carboxylic acids is 2. The lowest BCUT2D eigenvalue weighted by Gasteiger charge is -2.22. The van der Waals surface area contributed by atoms with Crippen molar-refractivity contribution in [3.8, 4) is 0 Å². The number of hydrogen-bond acceptors (Lipinski definition) is 4. The number of hydrogen-bond donors (Lipinski definition) is 1. The van der Waals surface area contributed by atoms with Crippen LogP contribution in [0.15, 0.2) is 12.7 Å². The van der Waals surface area contributed by atoms with Crippen LogP contribution in [0.2, 0.25) is 0 Å². The van der Waals surface area contributed by atoms with Gasteiger partial charge < -0.3 is 10.1 Å². The Morgan fingerprint density at radius 2 is 1.83 bits per heavy atom. The van der Waals surface area contributed by atoms with Gasteiger partial charge in [0, 0.05) is 0 Å². The summed E-state index contributed by atoms with van der Waals surface area (Å²) in [6.45, 7) is 1.72. The minimum Gasteiger partial charge on any atom is -0.454 e. The highest BCUT2D eigenvalue weighted by Crippen LogP contribution is 2.41. The van der Waals surface area contributed by atoms with Gasteiger partial charge in [0.05, 0.1) is 12.7 Å². The van der Waals surface area contributed by atoms with E-state index >= 15 is 0 Å². The Balaban J connectivity index is 2.91. The number of halogens is 6. The topological polar surface area (TPSA) is 55.4 Å². The van der Waals surface area contributed by atoms with Crippen LogP contribution in [0.1, 0.15) is 29.9 Å².